The maximum atomic E-state index is 10.9. The summed E-state index contributed by atoms with van der Waals surface area (Å²) in [6.45, 7) is 4.09. The van der Waals surface area contributed by atoms with Crippen LogP contribution in [0.25, 0.3) is 0 Å². The Bertz CT molecular complexity index is 238. The lowest BCUT2D eigenvalue weighted by atomic mass is 10.4. The van der Waals surface area contributed by atoms with Crippen molar-refractivity contribution >= 4 is 23.6 Å². The summed E-state index contributed by atoms with van der Waals surface area (Å²) in [6.07, 6.45) is 3.60. The van der Waals surface area contributed by atoms with Crippen LogP contribution in [0.2, 0.25) is 0 Å². The van der Waals surface area contributed by atoms with Crippen LogP contribution in [0.5, 0.6) is 0 Å². The predicted octanol–water partition coefficient (Wildman–Crippen LogP) is 0.663. The maximum absolute atomic E-state index is 10.9. The molecule has 0 aliphatic carbocycles. The Labute approximate surface area is 87.1 Å². The van der Waals surface area contributed by atoms with Crippen LogP contribution in [0.4, 0.5) is 0 Å². The Balaban J connectivity index is 3.44. The summed E-state index contributed by atoms with van der Waals surface area (Å²) in [5.41, 5.74) is 0. The Morgan fingerprint density at radius 3 is 2.71 bits per heavy atom. The zero-order valence-electron chi connectivity index (χ0n) is 7.73. The number of carbonyl (C=O) groups is 2. The molecule has 0 aromatic carbocycles. The molecule has 5 heteroatoms. The highest BCUT2D eigenvalue weighted by molar-refractivity contribution is 7.99. The molecule has 0 unspecified atom stereocenters. The first-order valence-corrected chi connectivity index (χ1v) is 5.19. The molecular weight excluding hydrogens is 202 g/mol. The SMILES string of the molecule is C=CCSCCNC(=O)/C=C/C(=O)O. The number of thioether (sulfide) groups is 1. The number of hydrogen-bond acceptors (Lipinski definition) is 3. The molecule has 0 fully saturated rings. The van der Waals surface area contributed by atoms with E-state index in [0.29, 0.717) is 6.54 Å². The molecule has 0 radical (unpaired) electrons. The third-order valence-corrected chi connectivity index (χ3v) is 2.12. The van der Waals surface area contributed by atoms with E-state index in [1.54, 1.807) is 17.8 Å². The molecule has 0 saturated heterocycles. The summed E-state index contributed by atoms with van der Waals surface area (Å²) in [7, 11) is 0. The van der Waals surface area contributed by atoms with E-state index in [0.717, 1.165) is 23.7 Å². The fourth-order valence-electron chi connectivity index (χ4n) is 0.619. The van der Waals surface area contributed by atoms with Crippen LogP contribution in [0.3, 0.4) is 0 Å². The molecule has 0 aromatic heterocycles. The largest absolute Gasteiger partial charge is 0.478 e. The van der Waals surface area contributed by atoms with Crippen molar-refractivity contribution in [3.63, 3.8) is 0 Å². The molecule has 0 bridgehead atoms. The zero-order chi connectivity index (χ0) is 10.8. The van der Waals surface area contributed by atoms with Crippen LogP contribution in [0.1, 0.15) is 0 Å². The summed E-state index contributed by atoms with van der Waals surface area (Å²) < 4.78 is 0. The molecule has 0 saturated carbocycles. The third-order valence-electron chi connectivity index (χ3n) is 1.16. The number of rotatable bonds is 7. The second kappa shape index (κ2) is 8.37. The lowest BCUT2D eigenvalue weighted by Gasteiger charge is -1.99. The second-order valence-electron chi connectivity index (χ2n) is 2.33. The van der Waals surface area contributed by atoms with Gasteiger partial charge in [0.25, 0.3) is 0 Å². The van der Waals surface area contributed by atoms with Gasteiger partial charge < -0.3 is 10.4 Å². The zero-order valence-corrected chi connectivity index (χ0v) is 8.55. The van der Waals surface area contributed by atoms with E-state index in [4.69, 9.17) is 5.11 Å². The van der Waals surface area contributed by atoms with Gasteiger partial charge in [-0.3, -0.25) is 4.79 Å². The Morgan fingerprint density at radius 2 is 2.14 bits per heavy atom. The fraction of sp³-hybridized carbons (Fsp3) is 0.333. The summed E-state index contributed by atoms with van der Waals surface area (Å²) in [5, 5.41) is 10.8. The van der Waals surface area contributed by atoms with Crippen LogP contribution >= 0.6 is 11.8 Å². The highest BCUT2D eigenvalue weighted by atomic mass is 32.2. The van der Waals surface area contributed by atoms with E-state index in [-0.39, 0.29) is 5.91 Å². The maximum Gasteiger partial charge on any atom is 0.328 e. The molecule has 0 heterocycles. The first-order valence-electron chi connectivity index (χ1n) is 4.04. The van der Waals surface area contributed by atoms with Crippen LogP contribution in [-0.4, -0.2) is 35.0 Å². The molecular formula is C9H13NO3S. The summed E-state index contributed by atoms with van der Waals surface area (Å²) in [4.78, 5) is 20.9. The molecule has 4 nitrogen and oxygen atoms in total. The summed E-state index contributed by atoms with van der Waals surface area (Å²) in [5.74, 6) is 0.132. The second-order valence-corrected chi connectivity index (χ2v) is 3.48. The van der Waals surface area contributed by atoms with Gasteiger partial charge >= 0.3 is 5.97 Å². The standard InChI is InChI=1S/C9H13NO3S/c1-2-6-14-7-5-10-8(11)3-4-9(12)13/h2-4H,1,5-7H2,(H,10,11)(H,12,13)/b4-3+. The highest BCUT2D eigenvalue weighted by Gasteiger charge is 1.95. The van der Waals surface area contributed by atoms with Gasteiger partial charge in [-0.25, -0.2) is 4.79 Å². The van der Waals surface area contributed by atoms with Gasteiger partial charge in [-0.2, -0.15) is 11.8 Å². The smallest absolute Gasteiger partial charge is 0.328 e. The number of amides is 1. The van der Waals surface area contributed by atoms with E-state index >= 15 is 0 Å². The van der Waals surface area contributed by atoms with E-state index in [2.05, 4.69) is 11.9 Å². The van der Waals surface area contributed by atoms with Gasteiger partial charge in [0, 0.05) is 30.2 Å². The van der Waals surface area contributed by atoms with Gasteiger partial charge in [-0.1, -0.05) is 6.08 Å². The average molecular weight is 215 g/mol. The van der Waals surface area contributed by atoms with Crippen molar-refractivity contribution in [2.45, 2.75) is 0 Å². The molecule has 0 atom stereocenters. The van der Waals surface area contributed by atoms with E-state index < -0.39 is 5.97 Å². The van der Waals surface area contributed by atoms with Gasteiger partial charge in [0.05, 0.1) is 0 Å². The van der Waals surface area contributed by atoms with Crippen molar-refractivity contribution in [2.75, 3.05) is 18.1 Å². The molecule has 2 N–H and O–H groups in total. The van der Waals surface area contributed by atoms with Crippen molar-refractivity contribution in [1.82, 2.24) is 5.32 Å². The van der Waals surface area contributed by atoms with E-state index in [1.165, 1.54) is 0 Å². The molecule has 0 aromatic rings. The minimum absolute atomic E-state index is 0.383. The molecule has 0 aliphatic heterocycles. The lowest BCUT2D eigenvalue weighted by molar-refractivity contribution is -0.131. The van der Waals surface area contributed by atoms with Crippen LogP contribution in [-0.2, 0) is 9.59 Å². The number of carboxylic acids is 1. The minimum Gasteiger partial charge on any atom is -0.478 e. The third kappa shape index (κ3) is 8.86. The lowest BCUT2D eigenvalue weighted by Crippen LogP contribution is -2.23. The van der Waals surface area contributed by atoms with Crippen molar-refractivity contribution in [3.05, 3.63) is 24.8 Å². The van der Waals surface area contributed by atoms with E-state index in [9.17, 15) is 9.59 Å². The molecule has 0 rings (SSSR count). The highest BCUT2D eigenvalue weighted by Crippen LogP contribution is 1.96. The average Bonchev–Trinajstić information content (AvgIpc) is 2.14. The Hall–Kier alpha value is -1.23. The van der Waals surface area contributed by atoms with Crippen LogP contribution in [0.15, 0.2) is 24.8 Å². The normalized spacial score (nSPS) is 10.0. The molecule has 0 aliphatic rings. The molecule has 1 amide bonds. The monoisotopic (exact) mass is 215 g/mol. The predicted molar refractivity (Wildman–Crippen MR) is 57.3 cm³/mol. The van der Waals surface area contributed by atoms with Crippen LogP contribution in [0, 0.1) is 0 Å². The quantitative estimate of drug-likeness (QED) is 0.372. The molecule has 14 heavy (non-hydrogen) atoms. The first kappa shape index (κ1) is 12.8. The van der Waals surface area contributed by atoms with Gasteiger partial charge in [0.1, 0.15) is 0 Å². The fourth-order valence-corrected chi connectivity index (χ4v) is 1.20. The topological polar surface area (TPSA) is 66.4 Å². The van der Waals surface area contributed by atoms with Gasteiger partial charge in [-0.15, -0.1) is 6.58 Å². The van der Waals surface area contributed by atoms with E-state index in [1.807, 2.05) is 0 Å². The number of carbonyl (C=O) groups excluding carboxylic acids is 1. The number of hydrogen-bond donors (Lipinski definition) is 2. The van der Waals surface area contributed by atoms with Crippen molar-refractivity contribution in [1.29, 1.82) is 0 Å². The number of nitrogens with one attached hydrogen (secondary N) is 1. The molecule has 0 spiro atoms. The van der Waals surface area contributed by atoms with Gasteiger partial charge in [-0.05, 0) is 0 Å². The summed E-state index contributed by atoms with van der Waals surface area (Å²) in [6, 6.07) is 0. The van der Waals surface area contributed by atoms with Crippen LogP contribution < -0.4 is 5.32 Å². The Morgan fingerprint density at radius 1 is 1.43 bits per heavy atom. The van der Waals surface area contributed by atoms with Gasteiger partial charge in [0.15, 0.2) is 0 Å². The molecule has 78 valence electrons. The first-order chi connectivity index (χ1) is 6.66. The van der Waals surface area contributed by atoms with Gasteiger partial charge in [0.2, 0.25) is 5.91 Å². The van der Waals surface area contributed by atoms with Crippen molar-refractivity contribution < 1.29 is 14.7 Å². The van der Waals surface area contributed by atoms with Crippen molar-refractivity contribution in [3.8, 4) is 0 Å². The Kier molecular flexibility index (Phi) is 7.64. The number of carboxylic acid groups (broad SMARTS) is 1. The van der Waals surface area contributed by atoms with Crippen molar-refractivity contribution in [2.24, 2.45) is 0 Å². The minimum atomic E-state index is -1.12. The number of aliphatic carboxylic acids is 1. The summed E-state index contributed by atoms with van der Waals surface area (Å²) >= 11 is 1.65.